The van der Waals surface area contributed by atoms with Gasteiger partial charge in [-0.05, 0) is 24.6 Å². The molecule has 0 saturated heterocycles. The van der Waals surface area contributed by atoms with Crippen LogP contribution in [0.1, 0.15) is 26.3 Å². The maximum atomic E-state index is 11.8. The van der Waals surface area contributed by atoms with E-state index >= 15 is 0 Å². The molecule has 0 unspecified atom stereocenters. The lowest BCUT2D eigenvalue weighted by Crippen LogP contribution is -2.39. The largest absolute Gasteiger partial charge is 0.495 e. The number of nitrogens with one attached hydrogen (secondary N) is 2. The van der Waals surface area contributed by atoms with Crippen molar-refractivity contribution in [3.63, 3.8) is 0 Å². The Bertz CT molecular complexity index is 504. The summed E-state index contributed by atoms with van der Waals surface area (Å²) in [6, 6.07) is 5.51. The SMILES string of the molecule is COc1ccc(C)cc1NC(=O)CNC(=O)C(C)(C)C. The summed E-state index contributed by atoms with van der Waals surface area (Å²) in [6.07, 6.45) is 0. The van der Waals surface area contributed by atoms with Gasteiger partial charge in [0.25, 0.3) is 0 Å². The third-order valence-corrected chi connectivity index (χ3v) is 2.72. The van der Waals surface area contributed by atoms with Gasteiger partial charge >= 0.3 is 0 Å². The number of hydrogen-bond donors (Lipinski definition) is 2. The minimum Gasteiger partial charge on any atom is -0.495 e. The van der Waals surface area contributed by atoms with E-state index in [1.807, 2.05) is 19.1 Å². The summed E-state index contributed by atoms with van der Waals surface area (Å²) in [5.41, 5.74) is 1.10. The molecule has 0 aromatic heterocycles. The molecule has 0 aliphatic carbocycles. The van der Waals surface area contributed by atoms with E-state index in [2.05, 4.69) is 10.6 Å². The van der Waals surface area contributed by atoms with Crippen LogP contribution in [0.2, 0.25) is 0 Å². The molecule has 20 heavy (non-hydrogen) atoms. The van der Waals surface area contributed by atoms with Crippen molar-refractivity contribution in [1.29, 1.82) is 0 Å². The molecule has 1 aromatic carbocycles. The summed E-state index contributed by atoms with van der Waals surface area (Å²) < 4.78 is 5.18. The van der Waals surface area contributed by atoms with E-state index in [1.54, 1.807) is 33.9 Å². The van der Waals surface area contributed by atoms with Crippen molar-refractivity contribution >= 4 is 17.5 Å². The molecule has 0 heterocycles. The second kappa shape index (κ2) is 6.41. The Kier molecular flexibility index (Phi) is 5.13. The van der Waals surface area contributed by atoms with E-state index in [0.717, 1.165) is 5.56 Å². The minimum absolute atomic E-state index is 0.0623. The number of amides is 2. The van der Waals surface area contributed by atoms with Gasteiger partial charge in [-0.25, -0.2) is 0 Å². The number of anilines is 1. The fourth-order valence-corrected chi connectivity index (χ4v) is 1.54. The number of benzene rings is 1. The average Bonchev–Trinajstić information content (AvgIpc) is 2.35. The zero-order valence-corrected chi connectivity index (χ0v) is 12.7. The zero-order chi connectivity index (χ0) is 15.3. The first kappa shape index (κ1) is 16.0. The van der Waals surface area contributed by atoms with E-state index in [9.17, 15) is 9.59 Å². The average molecular weight is 278 g/mol. The van der Waals surface area contributed by atoms with Gasteiger partial charge in [-0.15, -0.1) is 0 Å². The standard InChI is InChI=1S/C15H22N2O3/c1-10-6-7-12(20-5)11(8-10)17-13(18)9-16-14(19)15(2,3)4/h6-8H,9H2,1-5H3,(H,16,19)(H,17,18). The van der Waals surface area contributed by atoms with Crippen LogP contribution in [-0.4, -0.2) is 25.5 Å². The number of hydrogen-bond acceptors (Lipinski definition) is 3. The molecule has 0 atom stereocenters. The lowest BCUT2D eigenvalue weighted by molar-refractivity contribution is -0.130. The van der Waals surface area contributed by atoms with Crippen molar-refractivity contribution < 1.29 is 14.3 Å². The Hall–Kier alpha value is -2.04. The normalized spacial score (nSPS) is 10.8. The van der Waals surface area contributed by atoms with Crippen molar-refractivity contribution in [3.05, 3.63) is 23.8 Å². The van der Waals surface area contributed by atoms with Crippen LogP contribution in [0.3, 0.4) is 0 Å². The zero-order valence-electron chi connectivity index (χ0n) is 12.7. The van der Waals surface area contributed by atoms with Gasteiger partial charge in [0.05, 0.1) is 19.3 Å². The van der Waals surface area contributed by atoms with Crippen LogP contribution < -0.4 is 15.4 Å². The Labute approximate surface area is 119 Å². The highest BCUT2D eigenvalue weighted by molar-refractivity contribution is 5.96. The number of rotatable bonds is 4. The fraction of sp³-hybridized carbons (Fsp3) is 0.467. The van der Waals surface area contributed by atoms with Gasteiger partial charge < -0.3 is 15.4 Å². The summed E-state index contributed by atoms with van der Waals surface area (Å²) in [5, 5.41) is 5.33. The van der Waals surface area contributed by atoms with Gasteiger partial charge in [0.15, 0.2) is 0 Å². The lowest BCUT2D eigenvalue weighted by atomic mass is 9.96. The highest BCUT2D eigenvalue weighted by atomic mass is 16.5. The van der Waals surface area contributed by atoms with Crippen LogP contribution in [0.15, 0.2) is 18.2 Å². The summed E-state index contributed by atoms with van der Waals surface area (Å²) in [4.78, 5) is 23.5. The van der Waals surface area contributed by atoms with Gasteiger partial charge in [-0.3, -0.25) is 9.59 Å². The predicted octanol–water partition coefficient (Wildman–Crippen LogP) is 2.10. The molecular formula is C15H22N2O3. The molecule has 0 bridgehead atoms. The van der Waals surface area contributed by atoms with Crippen molar-refractivity contribution in [1.82, 2.24) is 5.32 Å². The van der Waals surface area contributed by atoms with Crippen molar-refractivity contribution in [3.8, 4) is 5.75 Å². The molecule has 2 N–H and O–H groups in total. The molecule has 110 valence electrons. The summed E-state index contributed by atoms with van der Waals surface area (Å²) in [5.74, 6) is 0.140. The van der Waals surface area contributed by atoms with Gasteiger partial charge in [0.2, 0.25) is 11.8 Å². The highest BCUT2D eigenvalue weighted by Crippen LogP contribution is 2.24. The molecule has 0 aliphatic heterocycles. The maximum absolute atomic E-state index is 11.8. The number of carbonyl (C=O) groups excluding carboxylic acids is 2. The van der Waals surface area contributed by atoms with Gasteiger partial charge in [0, 0.05) is 5.41 Å². The predicted molar refractivity (Wildman–Crippen MR) is 78.8 cm³/mol. The molecule has 0 spiro atoms. The Balaban J connectivity index is 2.63. The number of carbonyl (C=O) groups is 2. The molecular weight excluding hydrogens is 256 g/mol. The first-order chi connectivity index (χ1) is 9.24. The topological polar surface area (TPSA) is 67.4 Å². The van der Waals surface area contributed by atoms with Crippen LogP contribution in [0.25, 0.3) is 0 Å². The van der Waals surface area contributed by atoms with Crippen LogP contribution in [0, 0.1) is 12.3 Å². The maximum Gasteiger partial charge on any atom is 0.243 e. The lowest BCUT2D eigenvalue weighted by Gasteiger charge is -2.17. The quantitative estimate of drug-likeness (QED) is 0.886. The molecule has 0 fully saturated rings. The fourth-order valence-electron chi connectivity index (χ4n) is 1.54. The van der Waals surface area contributed by atoms with Gasteiger partial charge in [-0.2, -0.15) is 0 Å². The molecule has 5 nitrogen and oxygen atoms in total. The van der Waals surface area contributed by atoms with Crippen LogP contribution in [0.4, 0.5) is 5.69 Å². The molecule has 0 radical (unpaired) electrons. The molecule has 0 saturated carbocycles. The van der Waals surface area contributed by atoms with Crippen LogP contribution >= 0.6 is 0 Å². The van der Waals surface area contributed by atoms with Crippen LogP contribution in [-0.2, 0) is 9.59 Å². The van der Waals surface area contributed by atoms with E-state index in [4.69, 9.17) is 4.74 Å². The number of ether oxygens (including phenoxy) is 1. The molecule has 0 aliphatic rings. The number of methoxy groups -OCH3 is 1. The van der Waals surface area contributed by atoms with Crippen molar-refractivity contribution in [2.75, 3.05) is 19.0 Å². The second-order valence-electron chi connectivity index (χ2n) is 5.68. The van der Waals surface area contributed by atoms with Crippen molar-refractivity contribution in [2.45, 2.75) is 27.7 Å². The molecule has 2 amide bonds. The van der Waals surface area contributed by atoms with E-state index in [0.29, 0.717) is 11.4 Å². The van der Waals surface area contributed by atoms with Crippen LogP contribution in [0.5, 0.6) is 5.75 Å². The third-order valence-electron chi connectivity index (χ3n) is 2.72. The molecule has 5 heteroatoms. The second-order valence-corrected chi connectivity index (χ2v) is 5.68. The third kappa shape index (κ3) is 4.57. The van der Waals surface area contributed by atoms with Crippen molar-refractivity contribution in [2.24, 2.45) is 5.41 Å². The van der Waals surface area contributed by atoms with E-state index in [-0.39, 0.29) is 18.4 Å². The summed E-state index contributed by atoms with van der Waals surface area (Å²) in [7, 11) is 1.54. The van der Waals surface area contributed by atoms with E-state index < -0.39 is 5.41 Å². The first-order valence-electron chi connectivity index (χ1n) is 6.47. The Morgan fingerprint density at radius 1 is 1.25 bits per heavy atom. The summed E-state index contributed by atoms with van der Waals surface area (Å²) >= 11 is 0. The Morgan fingerprint density at radius 2 is 1.90 bits per heavy atom. The number of aryl methyl sites for hydroxylation is 1. The highest BCUT2D eigenvalue weighted by Gasteiger charge is 2.21. The molecule has 1 aromatic rings. The smallest absolute Gasteiger partial charge is 0.243 e. The van der Waals surface area contributed by atoms with E-state index in [1.165, 1.54) is 0 Å². The van der Waals surface area contributed by atoms with Gasteiger partial charge in [0.1, 0.15) is 5.75 Å². The first-order valence-corrected chi connectivity index (χ1v) is 6.47. The summed E-state index contributed by atoms with van der Waals surface area (Å²) in [6.45, 7) is 7.25. The Morgan fingerprint density at radius 3 is 2.45 bits per heavy atom. The molecule has 1 rings (SSSR count). The minimum atomic E-state index is -0.513. The van der Waals surface area contributed by atoms with Gasteiger partial charge in [-0.1, -0.05) is 26.8 Å². The monoisotopic (exact) mass is 278 g/mol.